The predicted octanol–water partition coefficient (Wildman–Crippen LogP) is 7.66. The van der Waals surface area contributed by atoms with Gasteiger partial charge in [-0.3, -0.25) is 9.71 Å². The third kappa shape index (κ3) is 6.80. The molecule has 2 atom stereocenters. The van der Waals surface area contributed by atoms with Crippen molar-refractivity contribution >= 4 is 26.9 Å². The number of benzene rings is 1. The van der Waals surface area contributed by atoms with Crippen molar-refractivity contribution in [3.05, 3.63) is 53.3 Å². The molecule has 2 aliphatic rings. The Morgan fingerprint density at radius 1 is 1.13 bits per heavy atom. The van der Waals surface area contributed by atoms with Gasteiger partial charge in [-0.1, -0.05) is 38.5 Å². The van der Waals surface area contributed by atoms with E-state index in [1.54, 1.807) is 20.0 Å². The Hall–Kier alpha value is -2.78. The van der Waals surface area contributed by atoms with Gasteiger partial charge in [-0.15, -0.1) is 0 Å². The van der Waals surface area contributed by atoms with Crippen LogP contribution in [-0.2, 0) is 10.0 Å². The highest BCUT2D eigenvalue weighted by atomic mass is 32.2. The number of nitrogens with zero attached hydrogens (tertiary/aromatic N) is 1. The van der Waals surface area contributed by atoms with Crippen molar-refractivity contribution in [3.63, 3.8) is 0 Å². The lowest BCUT2D eigenvalue weighted by Crippen LogP contribution is -2.22. The Bertz CT molecular complexity index is 1330. The Morgan fingerprint density at radius 3 is 2.50 bits per heavy atom. The molecule has 0 bridgehead atoms. The van der Waals surface area contributed by atoms with Crippen LogP contribution in [0.2, 0.25) is 0 Å². The van der Waals surface area contributed by atoms with Crippen molar-refractivity contribution in [1.29, 1.82) is 0 Å². The number of hydrogen-bond acceptors (Lipinski definition) is 4. The normalized spacial score (nSPS) is 19.6. The van der Waals surface area contributed by atoms with Crippen LogP contribution in [0.3, 0.4) is 0 Å². The predicted molar refractivity (Wildman–Crippen MR) is 157 cm³/mol. The number of sulfonamides is 1. The molecule has 0 spiro atoms. The first-order chi connectivity index (χ1) is 18.1. The molecule has 0 amide bonds. The van der Waals surface area contributed by atoms with E-state index in [9.17, 15) is 8.42 Å². The second-order valence-corrected chi connectivity index (χ2v) is 13.6. The van der Waals surface area contributed by atoms with Crippen molar-refractivity contribution in [3.8, 4) is 17.6 Å². The van der Waals surface area contributed by atoms with E-state index >= 15 is 0 Å². The summed E-state index contributed by atoms with van der Waals surface area (Å²) >= 11 is 0. The van der Waals surface area contributed by atoms with E-state index in [0.717, 1.165) is 53.3 Å². The van der Waals surface area contributed by atoms with E-state index in [1.807, 2.05) is 12.1 Å². The van der Waals surface area contributed by atoms with Gasteiger partial charge in [-0.25, -0.2) is 8.42 Å². The van der Waals surface area contributed by atoms with E-state index in [-0.39, 0.29) is 6.10 Å². The van der Waals surface area contributed by atoms with Crippen LogP contribution >= 0.6 is 0 Å². The highest BCUT2D eigenvalue weighted by molar-refractivity contribution is 7.93. The largest absolute Gasteiger partial charge is 0.491 e. The summed E-state index contributed by atoms with van der Waals surface area (Å²) in [7, 11) is -3.43. The molecule has 1 N–H and O–H groups in total. The fourth-order valence-electron chi connectivity index (χ4n) is 5.08. The lowest BCUT2D eigenvalue weighted by molar-refractivity contribution is 0.242. The van der Waals surface area contributed by atoms with E-state index < -0.39 is 15.3 Å². The molecule has 4 rings (SSSR count). The first-order valence-corrected chi connectivity index (χ1v) is 15.6. The van der Waals surface area contributed by atoms with Crippen LogP contribution in [0.1, 0.15) is 103 Å². The third-order valence-electron chi connectivity index (χ3n) is 7.50. The molecule has 2 unspecified atom stereocenters. The van der Waals surface area contributed by atoms with Gasteiger partial charge in [0.05, 0.1) is 28.9 Å². The molecule has 2 aromatic rings. The first-order valence-electron chi connectivity index (χ1n) is 14.1. The maximum Gasteiger partial charge on any atom is 0.235 e. The number of pyridine rings is 1. The van der Waals surface area contributed by atoms with Gasteiger partial charge in [-0.05, 0) is 112 Å². The molecule has 6 heteroatoms. The molecule has 1 fully saturated rings. The van der Waals surface area contributed by atoms with E-state index in [1.165, 1.54) is 24.8 Å². The Morgan fingerprint density at radius 2 is 1.89 bits per heavy atom. The zero-order valence-electron chi connectivity index (χ0n) is 23.7. The van der Waals surface area contributed by atoms with Gasteiger partial charge in [0.1, 0.15) is 5.75 Å². The molecule has 0 aliphatic heterocycles. The number of fused-ring (bicyclic) bond motifs is 1. The number of hydrogen-bond donors (Lipinski definition) is 1. The zero-order valence-corrected chi connectivity index (χ0v) is 24.5. The Balaban J connectivity index is 1.83. The van der Waals surface area contributed by atoms with E-state index in [4.69, 9.17) is 9.72 Å². The van der Waals surface area contributed by atoms with Crippen LogP contribution in [0, 0.1) is 23.7 Å². The highest BCUT2D eigenvalue weighted by Crippen LogP contribution is 2.49. The maximum absolute atomic E-state index is 12.4. The maximum atomic E-state index is 12.4. The molecule has 1 saturated carbocycles. The average molecular weight is 535 g/mol. The van der Waals surface area contributed by atoms with Gasteiger partial charge in [0.15, 0.2) is 0 Å². The molecule has 2 aliphatic carbocycles. The summed E-state index contributed by atoms with van der Waals surface area (Å²) in [6.07, 6.45) is 8.31. The van der Waals surface area contributed by atoms with Crippen LogP contribution in [0.25, 0.3) is 11.1 Å². The van der Waals surface area contributed by atoms with Crippen molar-refractivity contribution in [1.82, 2.24) is 4.98 Å². The van der Waals surface area contributed by atoms with Gasteiger partial charge in [0.2, 0.25) is 10.0 Å². The van der Waals surface area contributed by atoms with Gasteiger partial charge in [0.25, 0.3) is 0 Å². The summed E-state index contributed by atoms with van der Waals surface area (Å²) in [5.74, 6) is 9.48. The number of nitrogens with one attached hydrogen (secondary N) is 1. The molecule has 1 aromatic carbocycles. The SMILES string of the molecule is CCCC#CC1=C(c2ccc(NS(=O)(=O)C(C)C)cn2)CC(CC2CC2)C(C)c2cc(OC(C)C)ccc21. The summed E-state index contributed by atoms with van der Waals surface area (Å²) in [6, 6.07) is 10.2. The molecule has 1 aromatic heterocycles. The zero-order chi connectivity index (χ0) is 27.4. The molecule has 1 heterocycles. The molecular weight excluding hydrogens is 492 g/mol. The van der Waals surface area contributed by atoms with Gasteiger partial charge in [0, 0.05) is 12.0 Å². The lowest BCUT2D eigenvalue weighted by Gasteiger charge is -2.24. The Kier molecular flexibility index (Phi) is 8.88. The molecule has 204 valence electrons. The minimum absolute atomic E-state index is 0.113. The van der Waals surface area contributed by atoms with Crippen molar-refractivity contribution in [2.75, 3.05) is 4.72 Å². The summed E-state index contributed by atoms with van der Waals surface area (Å²) in [5, 5.41) is -0.516. The number of unbranched alkanes of at least 4 members (excludes halogenated alkanes) is 1. The molecule has 0 radical (unpaired) electrons. The smallest absolute Gasteiger partial charge is 0.235 e. The summed E-state index contributed by atoms with van der Waals surface area (Å²) in [5.41, 5.74) is 6.00. The fourth-order valence-corrected chi connectivity index (χ4v) is 5.77. The van der Waals surface area contributed by atoms with Gasteiger partial charge < -0.3 is 4.74 Å². The van der Waals surface area contributed by atoms with Crippen LogP contribution in [0.4, 0.5) is 5.69 Å². The first kappa shape index (κ1) is 28.2. The van der Waals surface area contributed by atoms with Crippen LogP contribution in [0.5, 0.6) is 5.75 Å². The van der Waals surface area contributed by atoms with Crippen LogP contribution < -0.4 is 9.46 Å². The number of anilines is 1. The number of ether oxygens (including phenoxy) is 1. The molecule has 5 nitrogen and oxygen atoms in total. The van der Waals surface area contributed by atoms with E-state index in [0.29, 0.717) is 17.5 Å². The standard InChI is InChI=1S/C32H42N2O3S/c1-7-8-9-10-28-29-15-14-27(37-21(2)3)19-30(29)23(6)25(17-24-11-12-24)18-31(28)32-16-13-26(20-33-32)34-38(35,36)22(4)5/h13-16,19-25,34H,7-8,11-12,17-18H2,1-6H3. The Labute approximate surface area is 229 Å². The van der Waals surface area contributed by atoms with Crippen molar-refractivity contribution < 1.29 is 13.2 Å². The van der Waals surface area contributed by atoms with Gasteiger partial charge >= 0.3 is 0 Å². The summed E-state index contributed by atoms with van der Waals surface area (Å²) in [6.45, 7) is 11.9. The minimum atomic E-state index is -3.43. The van der Waals surface area contributed by atoms with Crippen LogP contribution in [0.15, 0.2) is 36.5 Å². The molecular formula is C32H42N2O3S. The topological polar surface area (TPSA) is 68.3 Å². The number of allylic oxidation sites excluding steroid dienone is 2. The minimum Gasteiger partial charge on any atom is -0.491 e. The van der Waals surface area contributed by atoms with Crippen LogP contribution in [-0.4, -0.2) is 24.8 Å². The lowest BCUT2D eigenvalue weighted by atomic mass is 9.81. The number of aromatic nitrogens is 1. The third-order valence-corrected chi connectivity index (χ3v) is 9.27. The van der Waals surface area contributed by atoms with Gasteiger partial charge in [-0.2, -0.15) is 0 Å². The average Bonchev–Trinajstić information content (AvgIpc) is 3.69. The molecule has 0 saturated heterocycles. The summed E-state index contributed by atoms with van der Waals surface area (Å²) in [4.78, 5) is 4.77. The molecule has 38 heavy (non-hydrogen) atoms. The van der Waals surface area contributed by atoms with Crippen molar-refractivity contribution in [2.24, 2.45) is 11.8 Å². The number of rotatable bonds is 9. The second kappa shape index (κ2) is 11.9. The summed E-state index contributed by atoms with van der Waals surface area (Å²) < 4.78 is 33.5. The fraction of sp³-hybridized carbons (Fsp3) is 0.531. The van der Waals surface area contributed by atoms with Crippen molar-refractivity contribution in [2.45, 2.75) is 97.3 Å². The highest BCUT2D eigenvalue weighted by Gasteiger charge is 2.34. The van der Waals surface area contributed by atoms with E-state index in [2.05, 4.69) is 62.5 Å². The monoisotopic (exact) mass is 534 g/mol. The second-order valence-electron chi connectivity index (χ2n) is 11.4. The quantitative estimate of drug-likeness (QED) is 0.335.